The second-order valence-electron chi connectivity index (χ2n) is 9.38. The number of rotatable bonds is 12. The minimum Gasteiger partial charge on any atom is -0.493 e. The second kappa shape index (κ2) is 14.5. The van der Waals surface area contributed by atoms with Gasteiger partial charge in [-0.05, 0) is 50.4 Å². The van der Waals surface area contributed by atoms with Crippen LogP contribution in [0.15, 0.2) is 54.6 Å². The van der Waals surface area contributed by atoms with Crippen LogP contribution in [0.1, 0.15) is 37.8 Å². The standard InChI is InChI=1S/C28H39N3O5/c1-21-18-31(19-22(2)29-21)15-9-10-16-35-26-14-8-7-13-24(26)17-25(27(32)34-3)30-28(33)36-20-23-11-5-4-6-12-23/h4-8,11-14,21-22,25,29H,9-10,15-20H2,1-3H3,(H,30,33). The molecule has 8 nitrogen and oxygen atoms in total. The van der Waals surface area contributed by atoms with Gasteiger partial charge in [0.1, 0.15) is 18.4 Å². The smallest absolute Gasteiger partial charge is 0.408 e. The maximum atomic E-state index is 12.4. The minimum absolute atomic E-state index is 0.117. The normalized spacial score (nSPS) is 18.8. The third-order valence-corrected chi connectivity index (χ3v) is 6.15. The number of benzene rings is 2. The third-order valence-electron chi connectivity index (χ3n) is 6.15. The first-order chi connectivity index (χ1) is 17.4. The summed E-state index contributed by atoms with van der Waals surface area (Å²) >= 11 is 0. The predicted octanol–water partition coefficient (Wildman–Crippen LogP) is 3.54. The molecular weight excluding hydrogens is 458 g/mol. The molecule has 2 aromatic carbocycles. The fourth-order valence-electron chi connectivity index (χ4n) is 4.52. The fraction of sp³-hybridized carbons (Fsp3) is 0.500. The summed E-state index contributed by atoms with van der Waals surface area (Å²) in [5.74, 6) is 0.163. The topological polar surface area (TPSA) is 89.1 Å². The van der Waals surface area contributed by atoms with E-state index in [0.29, 0.717) is 24.4 Å². The Labute approximate surface area is 214 Å². The fourth-order valence-corrected chi connectivity index (χ4v) is 4.52. The Morgan fingerprint density at radius 1 is 1.03 bits per heavy atom. The molecule has 2 aromatic rings. The maximum Gasteiger partial charge on any atom is 0.408 e. The van der Waals surface area contributed by atoms with Gasteiger partial charge in [-0.15, -0.1) is 0 Å². The van der Waals surface area contributed by atoms with E-state index in [9.17, 15) is 9.59 Å². The number of amides is 1. The average molecular weight is 498 g/mol. The van der Waals surface area contributed by atoms with Crippen LogP contribution >= 0.6 is 0 Å². The zero-order valence-electron chi connectivity index (χ0n) is 21.6. The molecule has 1 saturated heterocycles. The molecule has 1 heterocycles. The number of carbonyl (C=O) groups is 2. The number of esters is 1. The van der Waals surface area contributed by atoms with Gasteiger partial charge in [0.05, 0.1) is 13.7 Å². The van der Waals surface area contributed by atoms with Crippen molar-refractivity contribution in [2.24, 2.45) is 0 Å². The molecule has 36 heavy (non-hydrogen) atoms. The van der Waals surface area contributed by atoms with Crippen LogP contribution in [0.5, 0.6) is 5.75 Å². The van der Waals surface area contributed by atoms with Crippen molar-refractivity contribution in [1.82, 2.24) is 15.5 Å². The van der Waals surface area contributed by atoms with Crippen LogP contribution < -0.4 is 15.4 Å². The van der Waals surface area contributed by atoms with E-state index in [1.807, 2.05) is 54.6 Å². The summed E-state index contributed by atoms with van der Waals surface area (Å²) in [6.45, 7) is 8.36. The van der Waals surface area contributed by atoms with E-state index in [2.05, 4.69) is 29.4 Å². The van der Waals surface area contributed by atoms with Gasteiger partial charge in [-0.3, -0.25) is 0 Å². The Morgan fingerprint density at radius 2 is 1.72 bits per heavy atom. The van der Waals surface area contributed by atoms with Gasteiger partial charge >= 0.3 is 12.1 Å². The van der Waals surface area contributed by atoms with E-state index in [1.54, 1.807) is 0 Å². The van der Waals surface area contributed by atoms with E-state index in [4.69, 9.17) is 14.2 Å². The van der Waals surface area contributed by atoms with Crippen LogP contribution in [0.3, 0.4) is 0 Å². The van der Waals surface area contributed by atoms with Crippen molar-refractivity contribution in [2.75, 3.05) is 33.4 Å². The lowest BCUT2D eigenvalue weighted by Gasteiger charge is -2.36. The molecule has 0 radical (unpaired) electrons. The van der Waals surface area contributed by atoms with Gasteiger partial charge in [0.15, 0.2) is 0 Å². The summed E-state index contributed by atoms with van der Waals surface area (Å²) in [7, 11) is 1.30. The van der Waals surface area contributed by atoms with Crippen molar-refractivity contribution < 1.29 is 23.8 Å². The monoisotopic (exact) mass is 497 g/mol. The summed E-state index contributed by atoms with van der Waals surface area (Å²) < 4.78 is 16.3. The number of piperazine rings is 1. The molecule has 1 aliphatic rings. The number of unbranched alkanes of at least 4 members (excludes halogenated alkanes) is 1. The minimum atomic E-state index is -0.889. The lowest BCUT2D eigenvalue weighted by molar-refractivity contribution is -0.143. The first kappa shape index (κ1) is 27.5. The second-order valence-corrected chi connectivity index (χ2v) is 9.38. The van der Waals surface area contributed by atoms with Crippen LogP contribution in [0, 0.1) is 0 Å². The summed E-state index contributed by atoms with van der Waals surface area (Å²) in [5, 5.41) is 6.19. The number of ether oxygens (including phenoxy) is 3. The molecule has 0 bridgehead atoms. The Morgan fingerprint density at radius 3 is 2.44 bits per heavy atom. The highest BCUT2D eigenvalue weighted by Gasteiger charge is 2.24. The van der Waals surface area contributed by atoms with Crippen molar-refractivity contribution in [3.8, 4) is 5.75 Å². The molecule has 2 N–H and O–H groups in total. The van der Waals surface area contributed by atoms with Gasteiger partial charge in [-0.1, -0.05) is 48.5 Å². The summed E-state index contributed by atoms with van der Waals surface area (Å²) in [6.07, 6.45) is 1.55. The number of hydrogen-bond acceptors (Lipinski definition) is 7. The molecule has 3 rings (SSSR count). The number of methoxy groups -OCH3 is 1. The molecule has 0 aliphatic carbocycles. The Balaban J connectivity index is 1.48. The molecule has 3 atom stereocenters. The molecule has 1 fully saturated rings. The average Bonchev–Trinajstić information content (AvgIpc) is 2.87. The zero-order valence-corrected chi connectivity index (χ0v) is 21.6. The Kier molecular flexibility index (Phi) is 11.0. The zero-order chi connectivity index (χ0) is 25.8. The Bertz CT molecular complexity index is 945. The van der Waals surface area contributed by atoms with E-state index >= 15 is 0 Å². The molecule has 0 spiro atoms. The number of para-hydroxylation sites is 1. The summed E-state index contributed by atoms with van der Waals surface area (Å²) in [5.41, 5.74) is 1.68. The number of alkyl carbamates (subject to hydrolysis) is 1. The molecular formula is C28H39N3O5. The van der Waals surface area contributed by atoms with Crippen molar-refractivity contribution >= 4 is 12.1 Å². The molecule has 0 aromatic heterocycles. The molecule has 196 valence electrons. The van der Waals surface area contributed by atoms with E-state index in [1.165, 1.54) is 7.11 Å². The van der Waals surface area contributed by atoms with Crippen LogP contribution in [-0.2, 0) is 27.3 Å². The highest BCUT2D eigenvalue weighted by molar-refractivity contribution is 5.81. The highest BCUT2D eigenvalue weighted by Crippen LogP contribution is 2.21. The molecule has 1 aliphatic heterocycles. The van der Waals surface area contributed by atoms with Crippen molar-refractivity contribution in [2.45, 2.75) is 57.8 Å². The quantitative estimate of drug-likeness (QED) is 0.343. The number of carbonyl (C=O) groups excluding carboxylic acids is 2. The maximum absolute atomic E-state index is 12.4. The first-order valence-electron chi connectivity index (χ1n) is 12.7. The van der Waals surface area contributed by atoms with E-state index in [0.717, 1.165) is 43.6 Å². The lowest BCUT2D eigenvalue weighted by Crippen LogP contribution is -2.54. The van der Waals surface area contributed by atoms with Crippen LogP contribution in [0.4, 0.5) is 4.79 Å². The molecule has 0 saturated carbocycles. The predicted molar refractivity (Wildman–Crippen MR) is 139 cm³/mol. The van der Waals surface area contributed by atoms with Crippen LogP contribution in [-0.4, -0.2) is 68.4 Å². The van der Waals surface area contributed by atoms with Crippen molar-refractivity contribution in [1.29, 1.82) is 0 Å². The van der Waals surface area contributed by atoms with Gasteiger partial charge in [0, 0.05) is 31.6 Å². The summed E-state index contributed by atoms with van der Waals surface area (Å²) in [4.78, 5) is 27.3. The van der Waals surface area contributed by atoms with Crippen LogP contribution in [0.2, 0.25) is 0 Å². The van der Waals surface area contributed by atoms with Crippen LogP contribution in [0.25, 0.3) is 0 Å². The summed E-state index contributed by atoms with van der Waals surface area (Å²) in [6, 6.07) is 17.1. The SMILES string of the molecule is COC(=O)C(Cc1ccccc1OCCCCN1CC(C)NC(C)C1)NC(=O)OCc1ccccc1. The molecule has 3 unspecified atom stereocenters. The number of hydrogen-bond donors (Lipinski definition) is 2. The Hall–Kier alpha value is -3.10. The first-order valence-corrected chi connectivity index (χ1v) is 12.7. The van der Waals surface area contributed by atoms with Gasteiger partial charge < -0.3 is 29.7 Å². The number of nitrogens with zero attached hydrogens (tertiary/aromatic N) is 1. The van der Waals surface area contributed by atoms with Gasteiger partial charge in [0.25, 0.3) is 0 Å². The van der Waals surface area contributed by atoms with Crippen molar-refractivity contribution in [3.63, 3.8) is 0 Å². The number of nitrogens with one attached hydrogen (secondary N) is 2. The van der Waals surface area contributed by atoms with Gasteiger partial charge in [-0.25, -0.2) is 9.59 Å². The largest absolute Gasteiger partial charge is 0.493 e. The lowest BCUT2D eigenvalue weighted by atomic mass is 10.0. The van der Waals surface area contributed by atoms with E-state index in [-0.39, 0.29) is 13.0 Å². The third kappa shape index (κ3) is 9.17. The molecule has 8 heteroatoms. The van der Waals surface area contributed by atoms with Gasteiger partial charge in [-0.2, -0.15) is 0 Å². The highest BCUT2D eigenvalue weighted by atomic mass is 16.6. The van der Waals surface area contributed by atoms with Crippen molar-refractivity contribution in [3.05, 3.63) is 65.7 Å². The molecule has 1 amide bonds. The van der Waals surface area contributed by atoms with Gasteiger partial charge in [0.2, 0.25) is 0 Å². The van der Waals surface area contributed by atoms with E-state index < -0.39 is 18.1 Å².